The summed E-state index contributed by atoms with van der Waals surface area (Å²) in [5.74, 6) is 2.26. The van der Waals surface area contributed by atoms with E-state index in [1.54, 1.807) is 32.2 Å². The first kappa shape index (κ1) is 14.3. The van der Waals surface area contributed by atoms with E-state index in [1.807, 2.05) is 29.9 Å². The molecule has 0 spiro atoms. The van der Waals surface area contributed by atoms with Crippen LogP contribution in [0.15, 0.2) is 34.2 Å². The molecule has 19 heavy (non-hydrogen) atoms. The van der Waals surface area contributed by atoms with E-state index < -0.39 is 0 Å². The van der Waals surface area contributed by atoms with Crippen molar-refractivity contribution in [1.29, 1.82) is 0 Å². The van der Waals surface area contributed by atoms with Gasteiger partial charge in [-0.25, -0.2) is 4.98 Å². The molecular weight excluding hydrogens is 328 g/mol. The van der Waals surface area contributed by atoms with Crippen LogP contribution in [0.5, 0.6) is 11.5 Å². The number of nitrogens with zero attached hydrogens (tertiary/aromatic N) is 2. The van der Waals surface area contributed by atoms with Crippen LogP contribution in [-0.4, -0.2) is 23.8 Å². The Bertz CT molecular complexity index is 572. The van der Waals surface area contributed by atoms with Crippen LogP contribution in [0.25, 0.3) is 0 Å². The highest BCUT2D eigenvalue weighted by Gasteiger charge is 2.13. The Balaban J connectivity index is 2.19. The number of ether oxygens (including phenoxy) is 2. The van der Waals surface area contributed by atoms with Gasteiger partial charge in [-0.1, -0.05) is 17.8 Å². The Labute approximate surface area is 125 Å². The zero-order valence-corrected chi connectivity index (χ0v) is 13.4. The molecule has 102 valence electrons. The molecule has 0 atom stereocenters. The van der Waals surface area contributed by atoms with Crippen molar-refractivity contribution < 1.29 is 9.47 Å². The Morgan fingerprint density at radius 1 is 1.32 bits per heavy atom. The molecule has 0 saturated heterocycles. The van der Waals surface area contributed by atoms with Gasteiger partial charge in [0, 0.05) is 25.2 Å². The van der Waals surface area contributed by atoms with Crippen LogP contribution in [0.4, 0.5) is 0 Å². The lowest BCUT2D eigenvalue weighted by Gasteiger charge is -2.12. The third-order valence-electron chi connectivity index (χ3n) is 2.70. The lowest BCUT2D eigenvalue weighted by Crippen LogP contribution is -1.95. The van der Waals surface area contributed by atoms with Crippen molar-refractivity contribution >= 4 is 27.7 Å². The molecule has 0 aliphatic carbocycles. The van der Waals surface area contributed by atoms with Gasteiger partial charge in [0.15, 0.2) is 16.7 Å². The average molecular weight is 343 g/mol. The smallest absolute Gasteiger partial charge is 0.175 e. The fraction of sp³-hybridized carbons (Fsp3) is 0.308. The van der Waals surface area contributed by atoms with Gasteiger partial charge in [0.05, 0.1) is 18.7 Å². The lowest BCUT2D eigenvalue weighted by molar-refractivity contribution is 0.353. The number of methoxy groups -OCH3 is 2. The summed E-state index contributed by atoms with van der Waals surface area (Å²) in [5.41, 5.74) is 1.14. The van der Waals surface area contributed by atoms with Crippen molar-refractivity contribution in [2.75, 3.05) is 14.2 Å². The summed E-state index contributed by atoms with van der Waals surface area (Å²) in [5, 5.41) is 0.988. The van der Waals surface area contributed by atoms with E-state index in [-0.39, 0.29) is 0 Å². The predicted molar refractivity (Wildman–Crippen MR) is 80.0 cm³/mol. The number of hydrogen-bond donors (Lipinski definition) is 0. The maximum absolute atomic E-state index is 5.37. The van der Waals surface area contributed by atoms with E-state index in [0.29, 0.717) is 0 Å². The number of hydrogen-bond acceptors (Lipinski definition) is 4. The molecule has 1 aromatic carbocycles. The first-order valence-corrected chi connectivity index (χ1v) is 7.44. The van der Waals surface area contributed by atoms with Crippen molar-refractivity contribution in [3.05, 3.63) is 34.6 Å². The normalized spacial score (nSPS) is 10.5. The minimum absolute atomic E-state index is 0.722. The molecular formula is C13H15BrN2O2S. The number of benzene rings is 1. The Morgan fingerprint density at radius 2 is 2.11 bits per heavy atom. The summed E-state index contributed by atoms with van der Waals surface area (Å²) in [7, 11) is 5.25. The summed E-state index contributed by atoms with van der Waals surface area (Å²) in [6.07, 6.45) is 3.73. The van der Waals surface area contributed by atoms with Crippen LogP contribution in [0.2, 0.25) is 0 Å². The summed E-state index contributed by atoms with van der Waals surface area (Å²) in [4.78, 5) is 4.29. The van der Waals surface area contributed by atoms with Gasteiger partial charge >= 0.3 is 0 Å². The molecule has 4 nitrogen and oxygen atoms in total. The molecule has 0 aliphatic rings. The van der Waals surface area contributed by atoms with E-state index in [2.05, 4.69) is 20.9 Å². The fourth-order valence-corrected chi connectivity index (χ4v) is 3.42. The summed E-state index contributed by atoms with van der Waals surface area (Å²) < 4.78 is 13.6. The van der Waals surface area contributed by atoms with Crippen molar-refractivity contribution in [2.24, 2.45) is 7.05 Å². The van der Waals surface area contributed by atoms with Gasteiger partial charge in [0.1, 0.15) is 0 Å². The molecule has 2 aromatic rings. The maximum atomic E-state index is 5.37. The molecule has 0 aliphatic heterocycles. The van der Waals surface area contributed by atoms with E-state index in [9.17, 15) is 0 Å². The molecule has 6 heteroatoms. The second-order valence-corrected chi connectivity index (χ2v) is 5.62. The molecule has 0 fully saturated rings. The van der Waals surface area contributed by atoms with Crippen LogP contribution in [0.1, 0.15) is 5.56 Å². The number of halogens is 1. The standard InChI is InChI=1S/C13H15BrN2O2S/c1-16-7-6-15-13(16)19-8-9-4-5-10(17-2)12(18-3)11(9)14/h4-7H,8H2,1-3H3. The van der Waals surface area contributed by atoms with Crippen molar-refractivity contribution in [3.63, 3.8) is 0 Å². The highest BCUT2D eigenvalue weighted by atomic mass is 79.9. The number of aryl methyl sites for hydroxylation is 1. The molecule has 0 unspecified atom stereocenters. The molecule has 0 radical (unpaired) electrons. The van der Waals surface area contributed by atoms with Crippen LogP contribution in [0.3, 0.4) is 0 Å². The number of aromatic nitrogens is 2. The lowest BCUT2D eigenvalue weighted by atomic mass is 10.2. The largest absolute Gasteiger partial charge is 0.493 e. The molecule has 1 aromatic heterocycles. The highest BCUT2D eigenvalue weighted by Crippen LogP contribution is 2.39. The molecule has 0 amide bonds. The Hall–Kier alpha value is -1.14. The highest BCUT2D eigenvalue weighted by molar-refractivity contribution is 9.10. The number of thioether (sulfide) groups is 1. The first-order chi connectivity index (χ1) is 9.17. The van der Waals surface area contributed by atoms with Gasteiger partial charge in [0.25, 0.3) is 0 Å². The third kappa shape index (κ3) is 3.06. The average Bonchev–Trinajstić information content (AvgIpc) is 2.82. The quantitative estimate of drug-likeness (QED) is 0.779. The van der Waals surface area contributed by atoms with Gasteiger partial charge in [0.2, 0.25) is 0 Å². The Kier molecular flexibility index (Phi) is 4.76. The fourth-order valence-electron chi connectivity index (χ4n) is 1.67. The summed E-state index contributed by atoms with van der Waals surface area (Å²) in [6.45, 7) is 0. The predicted octanol–water partition coefficient (Wildman–Crippen LogP) is 3.49. The second kappa shape index (κ2) is 6.34. The minimum atomic E-state index is 0.722. The van der Waals surface area contributed by atoms with E-state index in [1.165, 1.54) is 0 Å². The zero-order chi connectivity index (χ0) is 13.8. The molecule has 0 N–H and O–H groups in total. The first-order valence-electron chi connectivity index (χ1n) is 5.66. The molecule has 0 saturated carbocycles. The van der Waals surface area contributed by atoms with Crippen LogP contribution < -0.4 is 9.47 Å². The van der Waals surface area contributed by atoms with Gasteiger partial charge in [-0.3, -0.25) is 0 Å². The van der Waals surface area contributed by atoms with Crippen molar-refractivity contribution in [1.82, 2.24) is 9.55 Å². The molecule has 1 heterocycles. The van der Waals surface area contributed by atoms with E-state index in [0.717, 1.165) is 32.4 Å². The van der Waals surface area contributed by atoms with E-state index >= 15 is 0 Å². The monoisotopic (exact) mass is 342 g/mol. The molecule has 0 bridgehead atoms. The number of imidazole rings is 1. The van der Waals surface area contributed by atoms with Crippen molar-refractivity contribution in [3.8, 4) is 11.5 Å². The zero-order valence-electron chi connectivity index (χ0n) is 11.0. The van der Waals surface area contributed by atoms with Gasteiger partial charge in [-0.15, -0.1) is 0 Å². The van der Waals surface area contributed by atoms with Crippen LogP contribution >= 0.6 is 27.7 Å². The SMILES string of the molecule is COc1ccc(CSc2nccn2C)c(Br)c1OC. The van der Waals surface area contributed by atoms with E-state index in [4.69, 9.17) is 9.47 Å². The minimum Gasteiger partial charge on any atom is -0.493 e. The summed E-state index contributed by atoms with van der Waals surface area (Å²) >= 11 is 5.25. The van der Waals surface area contributed by atoms with Crippen LogP contribution in [-0.2, 0) is 12.8 Å². The Morgan fingerprint density at radius 3 is 2.68 bits per heavy atom. The number of rotatable bonds is 5. The second-order valence-electron chi connectivity index (χ2n) is 3.88. The third-order valence-corrected chi connectivity index (χ3v) is 4.68. The van der Waals surface area contributed by atoms with Gasteiger partial charge in [-0.2, -0.15) is 0 Å². The van der Waals surface area contributed by atoms with Gasteiger partial charge in [-0.05, 0) is 27.6 Å². The maximum Gasteiger partial charge on any atom is 0.175 e. The topological polar surface area (TPSA) is 36.3 Å². The van der Waals surface area contributed by atoms with Gasteiger partial charge < -0.3 is 14.0 Å². The summed E-state index contributed by atoms with van der Waals surface area (Å²) in [6, 6.07) is 3.94. The van der Waals surface area contributed by atoms with Crippen molar-refractivity contribution in [2.45, 2.75) is 10.9 Å². The molecule has 2 rings (SSSR count). The van der Waals surface area contributed by atoms with Crippen LogP contribution in [0, 0.1) is 0 Å².